The minimum Gasteiger partial charge on any atom is -0.352 e. The Hall–Kier alpha value is -1.15. The van der Waals surface area contributed by atoms with Gasteiger partial charge in [-0.1, -0.05) is 12.1 Å². The molecule has 0 radical (unpaired) electrons. The summed E-state index contributed by atoms with van der Waals surface area (Å²) in [7, 11) is -3.37. The Morgan fingerprint density at radius 3 is 2.29 bits per heavy atom. The molecule has 0 saturated carbocycles. The normalized spacial score (nSPS) is 27.4. The van der Waals surface area contributed by atoms with E-state index >= 15 is 0 Å². The molecule has 8 heteroatoms. The zero-order chi connectivity index (χ0) is 18.9. The summed E-state index contributed by atoms with van der Waals surface area (Å²) in [4.78, 5) is 12.6. The van der Waals surface area contributed by atoms with Crippen LogP contribution in [0.2, 0.25) is 0 Å². The first-order chi connectivity index (χ1) is 13.0. The summed E-state index contributed by atoms with van der Waals surface area (Å²) in [5, 5.41) is 6.60. The van der Waals surface area contributed by atoms with Crippen molar-refractivity contribution in [3.8, 4) is 0 Å². The van der Waals surface area contributed by atoms with Gasteiger partial charge in [-0.3, -0.25) is 4.79 Å². The number of carbonyl (C=O) groups is 1. The van der Waals surface area contributed by atoms with E-state index in [-0.39, 0.29) is 18.3 Å². The first kappa shape index (κ1) is 21.6. The van der Waals surface area contributed by atoms with Crippen molar-refractivity contribution >= 4 is 28.3 Å². The highest BCUT2D eigenvalue weighted by molar-refractivity contribution is 7.89. The quantitative estimate of drug-likeness (QED) is 0.730. The summed E-state index contributed by atoms with van der Waals surface area (Å²) in [6.07, 6.45) is 7.16. The van der Waals surface area contributed by atoms with Crippen LogP contribution in [0.5, 0.6) is 0 Å². The van der Waals surface area contributed by atoms with Crippen molar-refractivity contribution in [3.05, 3.63) is 29.8 Å². The molecule has 3 heterocycles. The number of rotatable bonds is 6. The monoisotopic (exact) mass is 427 g/mol. The Balaban J connectivity index is 0.00000225. The zero-order valence-electron chi connectivity index (χ0n) is 16.1. The van der Waals surface area contributed by atoms with Gasteiger partial charge in [0.05, 0.1) is 4.90 Å². The van der Waals surface area contributed by atoms with E-state index in [9.17, 15) is 13.2 Å². The topological polar surface area (TPSA) is 78.5 Å². The van der Waals surface area contributed by atoms with Crippen LogP contribution in [0.25, 0.3) is 0 Å². The molecule has 0 aromatic heterocycles. The van der Waals surface area contributed by atoms with Gasteiger partial charge in [-0.2, -0.15) is 4.31 Å². The van der Waals surface area contributed by atoms with Crippen molar-refractivity contribution in [1.82, 2.24) is 14.9 Å². The molecule has 2 atom stereocenters. The van der Waals surface area contributed by atoms with Crippen molar-refractivity contribution in [2.75, 3.05) is 13.1 Å². The highest BCUT2D eigenvalue weighted by Gasteiger charge is 2.34. The number of amides is 1. The maximum absolute atomic E-state index is 12.5. The van der Waals surface area contributed by atoms with Gasteiger partial charge in [0, 0.05) is 38.1 Å². The van der Waals surface area contributed by atoms with Gasteiger partial charge in [-0.05, 0) is 62.1 Å². The summed E-state index contributed by atoms with van der Waals surface area (Å²) in [5.41, 5.74) is 0.925. The lowest BCUT2D eigenvalue weighted by atomic mass is 9.89. The van der Waals surface area contributed by atoms with E-state index in [1.807, 2.05) is 0 Å². The van der Waals surface area contributed by atoms with Crippen molar-refractivity contribution in [2.24, 2.45) is 5.92 Å². The molecule has 0 aliphatic carbocycles. The number of nitrogens with one attached hydrogen (secondary N) is 2. The van der Waals surface area contributed by atoms with Gasteiger partial charge in [0.1, 0.15) is 0 Å². The number of piperidine rings is 1. The number of hydrogen-bond acceptors (Lipinski definition) is 4. The summed E-state index contributed by atoms with van der Waals surface area (Å²) < 4.78 is 26.6. The van der Waals surface area contributed by atoms with Gasteiger partial charge in [0.25, 0.3) is 0 Å². The molecule has 3 fully saturated rings. The summed E-state index contributed by atoms with van der Waals surface area (Å²) in [6.45, 7) is 1.66. The smallest absolute Gasteiger partial charge is 0.243 e. The van der Waals surface area contributed by atoms with E-state index in [1.165, 1.54) is 12.8 Å². The molecule has 2 unspecified atom stereocenters. The summed E-state index contributed by atoms with van der Waals surface area (Å²) in [6, 6.07) is 8.11. The molecular formula is C20H30ClN3O3S. The Kier molecular flexibility index (Phi) is 7.02. The van der Waals surface area contributed by atoms with Crippen LogP contribution >= 0.6 is 12.4 Å². The Labute approximate surface area is 173 Å². The van der Waals surface area contributed by atoms with Gasteiger partial charge in [-0.15, -0.1) is 12.4 Å². The van der Waals surface area contributed by atoms with Gasteiger partial charge >= 0.3 is 0 Å². The second kappa shape index (κ2) is 9.11. The molecule has 0 spiro atoms. The predicted octanol–water partition coefficient (Wildman–Crippen LogP) is 2.43. The fraction of sp³-hybridized carbons (Fsp3) is 0.650. The second-order valence-electron chi connectivity index (χ2n) is 8.21. The van der Waals surface area contributed by atoms with E-state index in [0.717, 1.165) is 31.2 Å². The lowest BCUT2D eigenvalue weighted by Crippen LogP contribution is -2.39. The fourth-order valence-electron chi connectivity index (χ4n) is 4.73. The Morgan fingerprint density at radius 1 is 1.07 bits per heavy atom. The van der Waals surface area contributed by atoms with Gasteiger partial charge in [0.2, 0.25) is 15.9 Å². The summed E-state index contributed by atoms with van der Waals surface area (Å²) in [5.74, 6) is 0.576. The van der Waals surface area contributed by atoms with Crippen molar-refractivity contribution < 1.29 is 13.2 Å². The molecule has 2 bridgehead atoms. The second-order valence-corrected chi connectivity index (χ2v) is 10.1. The van der Waals surface area contributed by atoms with Crippen LogP contribution in [0.4, 0.5) is 0 Å². The van der Waals surface area contributed by atoms with Crippen LogP contribution in [-0.2, 0) is 21.4 Å². The Morgan fingerprint density at radius 2 is 1.68 bits per heavy atom. The van der Waals surface area contributed by atoms with Crippen molar-refractivity contribution in [3.63, 3.8) is 0 Å². The number of fused-ring (bicyclic) bond motifs is 2. The number of nitrogens with zero attached hydrogens (tertiary/aromatic N) is 1. The predicted molar refractivity (Wildman–Crippen MR) is 111 cm³/mol. The highest BCUT2D eigenvalue weighted by atomic mass is 35.5. The number of hydrogen-bond donors (Lipinski definition) is 2. The lowest BCUT2D eigenvalue weighted by Gasteiger charge is -2.28. The van der Waals surface area contributed by atoms with E-state index < -0.39 is 10.0 Å². The molecule has 4 rings (SSSR count). The van der Waals surface area contributed by atoms with Crippen LogP contribution in [-0.4, -0.2) is 43.8 Å². The average molecular weight is 428 g/mol. The molecular weight excluding hydrogens is 398 g/mol. The molecule has 1 aromatic rings. The summed E-state index contributed by atoms with van der Waals surface area (Å²) >= 11 is 0. The van der Waals surface area contributed by atoms with Crippen LogP contribution in [0.15, 0.2) is 29.2 Å². The molecule has 1 aromatic carbocycles. The van der Waals surface area contributed by atoms with E-state index in [0.29, 0.717) is 49.0 Å². The first-order valence-corrected chi connectivity index (χ1v) is 11.6. The number of sulfonamides is 1. The SMILES string of the molecule is Cl.O=C(CC1CC2CCC(C1)N2)NCc1ccc(S(=O)(=O)N2CCCC2)cc1. The largest absolute Gasteiger partial charge is 0.352 e. The molecule has 3 aliphatic heterocycles. The Bertz CT molecular complexity index is 766. The minimum atomic E-state index is -3.37. The lowest BCUT2D eigenvalue weighted by molar-refractivity contribution is -0.122. The molecule has 6 nitrogen and oxygen atoms in total. The van der Waals surface area contributed by atoms with Crippen LogP contribution < -0.4 is 10.6 Å². The maximum atomic E-state index is 12.5. The molecule has 1 amide bonds. The molecule has 3 aliphatic rings. The number of carbonyl (C=O) groups excluding carboxylic acids is 1. The average Bonchev–Trinajstić information content (AvgIpc) is 3.31. The molecule has 2 N–H and O–H groups in total. The van der Waals surface area contributed by atoms with Crippen molar-refractivity contribution in [1.29, 1.82) is 0 Å². The zero-order valence-corrected chi connectivity index (χ0v) is 17.7. The first-order valence-electron chi connectivity index (χ1n) is 10.1. The third kappa shape index (κ3) is 4.87. The molecule has 3 saturated heterocycles. The third-order valence-corrected chi connectivity index (χ3v) is 8.07. The fourth-order valence-corrected chi connectivity index (χ4v) is 6.25. The highest BCUT2D eigenvalue weighted by Crippen LogP contribution is 2.32. The molecule has 28 heavy (non-hydrogen) atoms. The van der Waals surface area contributed by atoms with Crippen LogP contribution in [0.1, 0.15) is 50.5 Å². The van der Waals surface area contributed by atoms with Crippen LogP contribution in [0.3, 0.4) is 0 Å². The number of halogens is 1. The van der Waals surface area contributed by atoms with E-state index in [1.54, 1.807) is 28.6 Å². The standard InChI is InChI=1S/C20H29N3O3S.ClH/c24-20(13-16-11-17-5-6-18(12-16)22-17)21-14-15-3-7-19(8-4-15)27(25,26)23-9-1-2-10-23;/h3-4,7-8,16-18,22H,1-2,5-6,9-14H2,(H,21,24);1H. The van der Waals surface area contributed by atoms with E-state index in [2.05, 4.69) is 10.6 Å². The van der Waals surface area contributed by atoms with Gasteiger partial charge < -0.3 is 10.6 Å². The van der Waals surface area contributed by atoms with E-state index in [4.69, 9.17) is 0 Å². The third-order valence-electron chi connectivity index (χ3n) is 6.16. The number of benzene rings is 1. The van der Waals surface area contributed by atoms with Crippen molar-refractivity contribution in [2.45, 2.75) is 68.5 Å². The minimum absolute atomic E-state index is 0. The van der Waals surface area contributed by atoms with Gasteiger partial charge in [0.15, 0.2) is 0 Å². The van der Waals surface area contributed by atoms with Crippen LogP contribution in [0, 0.1) is 5.92 Å². The molecule has 156 valence electrons. The van der Waals surface area contributed by atoms with Gasteiger partial charge in [-0.25, -0.2) is 8.42 Å². The maximum Gasteiger partial charge on any atom is 0.243 e.